The van der Waals surface area contributed by atoms with Crippen molar-refractivity contribution in [3.8, 4) is 0 Å². The van der Waals surface area contributed by atoms with E-state index >= 15 is 0 Å². The van der Waals surface area contributed by atoms with Crippen LogP contribution in [0.5, 0.6) is 0 Å². The van der Waals surface area contributed by atoms with E-state index in [0.29, 0.717) is 0 Å². The predicted molar refractivity (Wildman–Crippen MR) is 83.1 cm³/mol. The smallest absolute Gasteiger partial charge is 0.329 e. The van der Waals surface area contributed by atoms with Crippen LogP contribution in [0.4, 0.5) is 0 Å². The molecule has 0 saturated carbocycles. The van der Waals surface area contributed by atoms with E-state index in [9.17, 15) is 14.7 Å². The second kappa shape index (κ2) is 6.74. The lowest BCUT2D eigenvalue weighted by molar-refractivity contribution is -0.156. The summed E-state index contributed by atoms with van der Waals surface area (Å²) in [7, 11) is 1.56. The van der Waals surface area contributed by atoms with Crippen LogP contribution in [0.3, 0.4) is 0 Å². The Kier molecular flexibility index (Phi) is 5.53. The fourth-order valence-electron chi connectivity index (χ4n) is 2.24. The van der Waals surface area contributed by atoms with Gasteiger partial charge in [-0.2, -0.15) is 0 Å². The summed E-state index contributed by atoms with van der Waals surface area (Å²) in [5.74, 6) is -1.33. The standard InChI is InChI=1S/C17H25NO3/c1-6-12(2)14(13-10-8-7-9-11-13)15(19)18(5)17(3,4)16(20)21/h7-12,14H,6H2,1-5H3,(H,20,21). The molecule has 0 saturated heterocycles. The molecular formula is C17H25NO3. The van der Waals surface area contributed by atoms with Crippen LogP contribution in [0.2, 0.25) is 0 Å². The van der Waals surface area contributed by atoms with Crippen molar-refractivity contribution in [1.82, 2.24) is 4.90 Å². The van der Waals surface area contributed by atoms with E-state index in [4.69, 9.17) is 0 Å². The lowest BCUT2D eigenvalue weighted by Crippen LogP contribution is -2.52. The first-order valence-corrected chi connectivity index (χ1v) is 7.29. The summed E-state index contributed by atoms with van der Waals surface area (Å²) < 4.78 is 0. The Bertz CT molecular complexity index is 496. The SMILES string of the molecule is CCC(C)C(C(=O)N(C)C(C)(C)C(=O)O)c1ccccc1. The number of carboxylic acids is 1. The molecule has 0 radical (unpaired) electrons. The molecule has 1 N–H and O–H groups in total. The van der Waals surface area contributed by atoms with Crippen molar-refractivity contribution in [2.45, 2.75) is 45.6 Å². The number of aliphatic carboxylic acids is 1. The number of likely N-dealkylation sites (N-methyl/N-ethyl adjacent to an activating group) is 1. The number of amides is 1. The summed E-state index contributed by atoms with van der Waals surface area (Å²) >= 11 is 0. The number of nitrogens with zero attached hydrogens (tertiary/aromatic N) is 1. The number of rotatable bonds is 6. The zero-order chi connectivity index (χ0) is 16.2. The van der Waals surface area contributed by atoms with Crippen molar-refractivity contribution in [2.75, 3.05) is 7.05 Å². The summed E-state index contributed by atoms with van der Waals surface area (Å²) in [4.78, 5) is 25.6. The topological polar surface area (TPSA) is 57.6 Å². The number of hydrogen-bond donors (Lipinski definition) is 1. The van der Waals surface area contributed by atoms with Crippen molar-refractivity contribution >= 4 is 11.9 Å². The average Bonchev–Trinajstić information content (AvgIpc) is 2.47. The van der Waals surface area contributed by atoms with Gasteiger partial charge in [-0.25, -0.2) is 4.79 Å². The van der Waals surface area contributed by atoms with Gasteiger partial charge in [0.1, 0.15) is 5.54 Å². The molecule has 2 atom stereocenters. The molecule has 0 fully saturated rings. The highest BCUT2D eigenvalue weighted by Crippen LogP contribution is 2.30. The quantitative estimate of drug-likeness (QED) is 0.876. The first-order valence-electron chi connectivity index (χ1n) is 7.29. The molecule has 1 rings (SSSR count). The number of carboxylic acid groups (broad SMARTS) is 1. The molecule has 4 nitrogen and oxygen atoms in total. The number of benzene rings is 1. The number of carbonyl (C=O) groups excluding carboxylic acids is 1. The normalized spacial score (nSPS) is 14.3. The minimum atomic E-state index is -1.22. The summed E-state index contributed by atoms with van der Waals surface area (Å²) in [6.07, 6.45) is 0.854. The van der Waals surface area contributed by atoms with Crippen molar-refractivity contribution in [2.24, 2.45) is 5.92 Å². The van der Waals surface area contributed by atoms with Crippen LogP contribution in [0.15, 0.2) is 30.3 Å². The minimum absolute atomic E-state index is 0.145. The zero-order valence-corrected chi connectivity index (χ0v) is 13.5. The highest BCUT2D eigenvalue weighted by molar-refractivity contribution is 5.90. The molecule has 0 aromatic heterocycles. The molecule has 1 aromatic rings. The van der Waals surface area contributed by atoms with E-state index in [-0.39, 0.29) is 17.7 Å². The third-order valence-electron chi connectivity index (χ3n) is 4.33. The van der Waals surface area contributed by atoms with Gasteiger partial charge in [0.15, 0.2) is 0 Å². The Morgan fingerprint density at radius 1 is 1.24 bits per heavy atom. The van der Waals surface area contributed by atoms with E-state index in [2.05, 4.69) is 0 Å². The summed E-state index contributed by atoms with van der Waals surface area (Å²) in [6.45, 7) is 7.16. The molecule has 0 aliphatic heterocycles. The molecule has 116 valence electrons. The lowest BCUT2D eigenvalue weighted by Gasteiger charge is -2.36. The highest BCUT2D eigenvalue weighted by atomic mass is 16.4. The largest absolute Gasteiger partial charge is 0.480 e. The number of carbonyl (C=O) groups is 2. The molecule has 0 bridgehead atoms. The van der Waals surface area contributed by atoms with Crippen LogP contribution in [0.1, 0.15) is 45.6 Å². The molecular weight excluding hydrogens is 266 g/mol. The maximum absolute atomic E-state index is 12.9. The molecule has 21 heavy (non-hydrogen) atoms. The van der Waals surface area contributed by atoms with Gasteiger partial charge in [0.2, 0.25) is 5.91 Å². The maximum Gasteiger partial charge on any atom is 0.329 e. The molecule has 0 aliphatic carbocycles. The van der Waals surface area contributed by atoms with Gasteiger partial charge in [0.25, 0.3) is 0 Å². The molecule has 0 heterocycles. The summed E-state index contributed by atoms with van der Waals surface area (Å²) in [5, 5.41) is 9.31. The minimum Gasteiger partial charge on any atom is -0.480 e. The third kappa shape index (κ3) is 3.63. The zero-order valence-electron chi connectivity index (χ0n) is 13.5. The molecule has 1 amide bonds. The fourth-order valence-corrected chi connectivity index (χ4v) is 2.24. The van der Waals surface area contributed by atoms with Crippen LogP contribution >= 0.6 is 0 Å². The molecule has 2 unspecified atom stereocenters. The first kappa shape index (κ1) is 17.2. The Balaban J connectivity index is 3.16. The lowest BCUT2D eigenvalue weighted by atomic mass is 9.83. The summed E-state index contributed by atoms with van der Waals surface area (Å²) in [6, 6.07) is 9.57. The van der Waals surface area contributed by atoms with Crippen molar-refractivity contribution < 1.29 is 14.7 Å². The Labute approximate surface area is 126 Å². The van der Waals surface area contributed by atoms with Crippen LogP contribution in [0, 0.1) is 5.92 Å². The van der Waals surface area contributed by atoms with Crippen LogP contribution < -0.4 is 0 Å². The molecule has 0 spiro atoms. The molecule has 4 heteroatoms. The second-order valence-electron chi connectivity index (χ2n) is 6.04. The van der Waals surface area contributed by atoms with Crippen molar-refractivity contribution in [1.29, 1.82) is 0 Å². The maximum atomic E-state index is 12.9. The molecule has 1 aromatic carbocycles. The van der Waals surface area contributed by atoms with Gasteiger partial charge in [-0.3, -0.25) is 4.79 Å². The van der Waals surface area contributed by atoms with Crippen LogP contribution in [-0.2, 0) is 9.59 Å². The predicted octanol–water partition coefficient (Wildman–Crippen LogP) is 3.14. The van der Waals surface area contributed by atoms with Crippen LogP contribution in [0.25, 0.3) is 0 Å². The van der Waals surface area contributed by atoms with E-state index in [1.54, 1.807) is 20.9 Å². The second-order valence-corrected chi connectivity index (χ2v) is 6.04. The van der Waals surface area contributed by atoms with E-state index < -0.39 is 11.5 Å². The Morgan fingerprint density at radius 2 is 1.76 bits per heavy atom. The van der Waals surface area contributed by atoms with Gasteiger partial charge >= 0.3 is 5.97 Å². The number of hydrogen-bond acceptors (Lipinski definition) is 2. The van der Waals surface area contributed by atoms with Gasteiger partial charge in [-0.05, 0) is 25.3 Å². The monoisotopic (exact) mass is 291 g/mol. The Hall–Kier alpha value is -1.84. The van der Waals surface area contributed by atoms with Crippen molar-refractivity contribution in [3.05, 3.63) is 35.9 Å². The fraction of sp³-hybridized carbons (Fsp3) is 0.529. The van der Waals surface area contributed by atoms with Crippen molar-refractivity contribution in [3.63, 3.8) is 0 Å². The first-order chi connectivity index (χ1) is 9.73. The summed E-state index contributed by atoms with van der Waals surface area (Å²) in [5.41, 5.74) is -0.290. The van der Waals surface area contributed by atoms with E-state index in [1.165, 1.54) is 4.90 Å². The highest BCUT2D eigenvalue weighted by Gasteiger charge is 2.39. The molecule has 0 aliphatic rings. The average molecular weight is 291 g/mol. The van der Waals surface area contributed by atoms with Gasteiger partial charge < -0.3 is 10.0 Å². The van der Waals surface area contributed by atoms with Gasteiger partial charge in [-0.1, -0.05) is 50.6 Å². The van der Waals surface area contributed by atoms with Gasteiger partial charge in [-0.15, -0.1) is 0 Å². The van der Waals surface area contributed by atoms with Gasteiger partial charge in [0.05, 0.1) is 5.92 Å². The van der Waals surface area contributed by atoms with E-state index in [1.807, 2.05) is 44.2 Å². The van der Waals surface area contributed by atoms with E-state index in [0.717, 1.165) is 12.0 Å². The van der Waals surface area contributed by atoms with Crippen LogP contribution in [-0.4, -0.2) is 34.5 Å². The Morgan fingerprint density at radius 3 is 2.19 bits per heavy atom. The third-order valence-corrected chi connectivity index (χ3v) is 4.33. The van der Waals surface area contributed by atoms with Gasteiger partial charge in [0, 0.05) is 7.05 Å².